The summed E-state index contributed by atoms with van der Waals surface area (Å²) >= 11 is 0. The first-order valence-corrected chi connectivity index (χ1v) is 9.57. The maximum absolute atomic E-state index is 12.6. The lowest BCUT2D eigenvalue weighted by Crippen LogP contribution is -2.52. The van der Waals surface area contributed by atoms with Crippen LogP contribution in [0.5, 0.6) is 0 Å². The molecule has 3 heterocycles. The number of hydrogen-bond donors (Lipinski definition) is 0. The van der Waals surface area contributed by atoms with Crippen LogP contribution in [0.1, 0.15) is 39.5 Å². The monoisotopic (exact) mass is 349 g/mol. The predicted molar refractivity (Wildman–Crippen MR) is 97.3 cm³/mol. The zero-order chi connectivity index (χ0) is 18.0. The smallest absolute Gasteiger partial charge is 0.270 e. The van der Waals surface area contributed by atoms with Gasteiger partial charge in [-0.3, -0.25) is 19.4 Å². The van der Waals surface area contributed by atoms with Crippen molar-refractivity contribution in [2.24, 2.45) is 5.10 Å². The Morgan fingerprint density at radius 3 is 2.28 bits per heavy atom. The number of likely N-dealkylation sites (tertiary alicyclic amines) is 1. The Morgan fingerprint density at radius 2 is 1.68 bits per heavy atom. The molecule has 0 bridgehead atoms. The highest BCUT2D eigenvalue weighted by Crippen LogP contribution is 2.23. The number of piperazine rings is 1. The Labute approximate surface area is 150 Å². The van der Waals surface area contributed by atoms with Crippen LogP contribution in [0.3, 0.4) is 0 Å². The first-order chi connectivity index (χ1) is 12.0. The van der Waals surface area contributed by atoms with Crippen LogP contribution in [0.2, 0.25) is 0 Å². The molecule has 0 aromatic heterocycles. The second-order valence-corrected chi connectivity index (χ2v) is 7.61. The maximum atomic E-state index is 12.6. The van der Waals surface area contributed by atoms with E-state index < -0.39 is 0 Å². The van der Waals surface area contributed by atoms with Gasteiger partial charge in [-0.15, -0.1) is 0 Å². The molecule has 25 heavy (non-hydrogen) atoms. The SMILES string of the molecule is C[C@@H]1CC[C@H](C)N1CCN1CCN(C(=O)C2=NN(C)C(=O)CC2)CC1. The third-order valence-corrected chi connectivity index (χ3v) is 5.92. The van der Waals surface area contributed by atoms with E-state index in [1.165, 1.54) is 17.9 Å². The minimum Gasteiger partial charge on any atom is -0.335 e. The molecular weight excluding hydrogens is 318 g/mol. The number of carbonyl (C=O) groups excluding carboxylic acids is 2. The van der Waals surface area contributed by atoms with Gasteiger partial charge in [-0.05, 0) is 26.7 Å². The Hall–Kier alpha value is -1.47. The number of carbonyl (C=O) groups is 2. The molecular formula is C18H31N5O2. The molecule has 3 rings (SSSR count). The fourth-order valence-corrected chi connectivity index (χ4v) is 4.13. The van der Waals surface area contributed by atoms with Crippen molar-refractivity contribution in [1.82, 2.24) is 19.7 Å². The molecule has 0 saturated carbocycles. The molecule has 0 spiro atoms. The third kappa shape index (κ3) is 4.20. The van der Waals surface area contributed by atoms with Crippen molar-refractivity contribution >= 4 is 17.5 Å². The van der Waals surface area contributed by atoms with Crippen LogP contribution in [-0.2, 0) is 9.59 Å². The van der Waals surface area contributed by atoms with Crippen LogP contribution in [0.4, 0.5) is 0 Å². The van der Waals surface area contributed by atoms with E-state index in [2.05, 4.69) is 28.7 Å². The Balaban J connectivity index is 1.45. The lowest BCUT2D eigenvalue weighted by molar-refractivity contribution is -0.131. The van der Waals surface area contributed by atoms with Crippen LogP contribution in [0.25, 0.3) is 0 Å². The molecule has 0 unspecified atom stereocenters. The van der Waals surface area contributed by atoms with Crippen molar-refractivity contribution in [2.75, 3.05) is 46.3 Å². The van der Waals surface area contributed by atoms with E-state index in [1.54, 1.807) is 7.05 Å². The minimum absolute atomic E-state index is 0.000729. The van der Waals surface area contributed by atoms with Crippen molar-refractivity contribution < 1.29 is 9.59 Å². The molecule has 2 saturated heterocycles. The number of nitrogens with zero attached hydrogens (tertiary/aromatic N) is 5. The normalized spacial score (nSPS) is 29.2. The second-order valence-electron chi connectivity index (χ2n) is 7.61. The summed E-state index contributed by atoms with van der Waals surface area (Å²) in [7, 11) is 1.62. The molecule has 7 nitrogen and oxygen atoms in total. The van der Waals surface area contributed by atoms with Crippen molar-refractivity contribution in [3.8, 4) is 0 Å². The summed E-state index contributed by atoms with van der Waals surface area (Å²) in [6, 6.07) is 1.39. The van der Waals surface area contributed by atoms with Gasteiger partial charge in [0, 0.05) is 71.2 Å². The van der Waals surface area contributed by atoms with E-state index in [-0.39, 0.29) is 11.8 Å². The van der Waals surface area contributed by atoms with Crippen molar-refractivity contribution in [2.45, 2.75) is 51.6 Å². The third-order valence-electron chi connectivity index (χ3n) is 5.92. The summed E-state index contributed by atoms with van der Waals surface area (Å²) in [6.45, 7) is 10.2. The van der Waals surface area contributed by atoms with Gasteiger partial charge in [0.2, 0.25) is 5.91 Å². The summed E-state index contributed by atoms with van der Waals surface area (Å²) in [5, 5.41) is 5.45. The highest BCUT2D eigenvalue weighted by atomic mass is 16.2. The molecule has 0 aromatic carbocycles. The molecule has 2 amide bonds. The van der Waals surface area contributed by atoms with Gasteiger partial charge < -0.3 is 4.90 Å². The zero-order valence-corrected chi connectivity index (χ0v) is 15.8. The quantitative estimate of drug-likeness (QED) is 0.746. The van der Waals surface area contributed by atoms with Gasteiger partial charge in [-0.1, -0.05) is 0 Å². The summed E-state index contributed by atoms with van der Waals surface area (Å²) in [6.07, 6.45) is 3.46. The first-order valence-electron chi connectivity index (χ1n) is 9.57. The number of hydrogen-bond acceptors (Lipinski definition) is 5. The van der Waals surface area contributed by atoms with Crippen LogP contribution in [-0.4, -0.2) is 95.6 Å². The van der Waals surface area contributed by atoms with E-state index >= 15 is 0 Å². The standard InChI is InChI=1S/C18H31N5O2/c1-14-4-5-15(2)23(14)13-10-21-8-11-22(12-9-21)18(25)16-6-7-17(24)20(3)19-16/h14-15H,4-13H2,1-3H3/t14-,15+. The Morgan fingerprint density at radius 1 is 1.04 bits per heavy atom. The lowest BCUT2D eigenvalue weighted by Gasteiger charge is -2.37. The Kier molecular flexibility index (Phi) is 5.74. The van der Waals surface area contributed by atoms with E-state index in [1.807, 2.05) is 4.90 Å². The van der Waals surface area contributed by atoms with E-state index in [9.17, 15) is 9.59 Å². The molecule has 2 fully saturated rings. The highest BCUT2D eigenvalue weighted by Gasteiger charge is 2.30. The van der Waals surface area contributed by atoms with Gasteiger partial charge in [0.1, 0.15) is 5.71 Å². The number of rotatable bonds is 4. The fraction of sp³-hybridized carbons (Fsp3) is 0.833. The minimum atomic E-state index is -0.0215. The summed E-state index contributed by atoms with van der Waals surface area (Å²) in [5.74, 6) is -0.0208. The molecule has 0 aliphatic carbocycles. The van der Waals surface area contributed by atoms with Crippen molar-refractivity contribution in [3.05, 3.63) is 0 Å². The first kappa shape index (κ1) is 18.3. The molecule has 0 aromatic rings. The average molecular weight is 349 g/mol. The highest BCUT2D eigenvalue weighted by molar-refractivity contribution is 6.39. The van der Waals surface area contributed by atoms with Gasteiger partial charge in [-0.2, -0.15) is 5.10 Å². The predicted octanol–water partition coefficient (Wildman–Crippen LogP) is 0.612. The molecule has 0 radical (unpaired) electrons. The maximum Gasteiger partial charge on any atom is 0.270 e. The fourth-order valence-electron chi connectivity index (χ4n) is 4.13. The van der Waals surface area contributed by atoms with Gasteiger partial charge in [-0.25, -0.2) is 5.01 Å². The van der Waals surface area contributed by atoms with Gasteiger partial charge in [0.25, 0.3) is 5.91 Å². The van der Waals surface area contributed by atoms with Crippen LogP contribution < -0.4 is 0 Å². The Bertz CT molecular complexity index is 532. The molecule has 3 aliphatic rings. The van der Waals surface area contributed by atoms with Crippen molar-refractivity contribution in [1.29, 1.82) is 0 Å². The lowest BCUT2D eigenvalue weighted by atomic mass is 10.1. The zero-order valence-electron chi connectivity index (χ0n) is 15.8. The topological polar surface area (TPSA) is 59.5 Å². The second kappa shape index (κ2) is 7.83. The van der Waals surface area contributed by atoms with Gasteiger partial charge in [0.05, 0.1) is 0 Å². The summed E-state index contributed by atoms with van der Waals surface area (Å²) in [5.41, 5.74) is 0.523. The molecule has 3 aliphatic heterocycles. The molecule has 2 atom stereocenters. The van der Waals surface area contributed by atoms with E-state index in [0.29, 0.717) is 30.6 Å². The van der Waals surface area contributed by atoms with Crippen LogP contribution in [0.15, 0.2) is 5.10 Å². The number of hydrazone groups is 1. The van der Waals surface area contributed by atoms with Gasteiger partial charge in [0.15, 0.2) is 0 Å². The van der Waals surface area contributed by atoms with Gasteiger partial charge >= 0.3 is 0 Å². The van der Waals surface area contributed by atoms with Crippen molar-refractivity contribution in [3.63, 3.8) is 0 Å². The average Bonchev–Trinajstić information content (AvgIpc) is 2.93. The van der Waals surface area contributed by atoms with Crippen LogP contribution in [0, 0.1) is 0 Å². The molecule has 140 valence electrons. The molecule has 7 heteroatoms. The van der Waals surface area contributed by atoms with E-state index in [0.717, 1.165) is 39.3 Å². The van der Waals surface area contributed by atoms with Crippen LogP contribution >= 0.6 is 0 Å². The van der Waals surface area contributed by atoms with E-state index in [4.69, 9.17) is 0 Å². The summed E-state index contributed by atoms with van der Waals surface area (Å²) in [4.78, 5) is 31.0. The largest absolute Gasteiger partial charge is 0.335 e. The molecule has 0 N–H and O–H groups in total. The summed E-state index contributed by atoms with van der Waals surface area (Å²) < 4.78 is 0. The number of amides is 2.